The first-order valence-electron chi connectivity index (χ1n) is 5.97. The Morgan fingerprint density at radius 1 is 1.53 bits per heavy atom. The molecule has 1 saturated carbocycles. The van der Waals surface area contributed by atoms with Gasteiger partial charge in [-0.25, -0.2) is 0 Å². The van der Waals surface area contributed by atoms with E-state index in [0.717, 1.165) is 10.6 Å². The van der Waals surface area contributed by atoms with Crippen molar-refractivity contribution >= 4 is 23.4 Å². The van der Waals surface area contributed by atoms with E-state index in [-0.39, 0.29) is 16.6 Å². The Balaban J connectivity index is 1.97. The number of thioether (sulfide) groups is 1. The van der Waals surface area contributed by atoms with Crippen LogP contribution in [0, 0.1) is 0 Å². The molecule has 17 heavy (non-hydrogen) atoms. The standard InChI is InChI=1S/C13H16N2OS/c1-8-12(16)15-10-6-9(2-3-11(10)17-8)13(7-14)4-5-13/h2-3,6,8H,4-5,7,14H2,1H3,(H,15,16). The van der Waals surface area contributed by atoms with E-state index in [9.17, 15) is 4.79 Å². The molecule has 3 N–H and O–H groups in total. The lowest BCUT2D eigenvalue weighted by atomic mass is 9.95. The predicted octanol–water partition coefficient (Wildman–Crippen LogP) is 2.11. The molecule has 0 radical (unpaired) electrons. The van der Waals surface area contributed by atoms with Crippen LogP contribution in [0.4, 0.5) is 5.69 Å². The van der Waals surface area contributed by atoms with E-state index < -0.39 is 0 Å². The summed E-state index contributed by atoms with van der Waals surface area (Å²) in [6, 6.07) is 6.38. The van der Waals surface area contributed by atoms with Gasteiger partial charge < -0.3 is 11.1 Å². The van der Waals surface area contributed by atoms with E-state index in [0.29, 0.717) is 6.54 Å². The Kier molecular flexibility index (Phi) is 2.45. The monoisotopic (exact) mass is 248 g/mol. The predicted molar refractivity (Wildman–Crippen MR) is 70.4 cm³/mol. The van der Waals surface area contributed by atoms with Crippen molar-refractivity contribution in [3.8, 4) is 0 Å². The summed E-state index contributed by atoms with van der Waals surface area (Å²) in [5.74, 6) is 0.0947. The number of benzene rings is 1. The van der Waals surface area contributed by atoms with Crippen molar-refractivity contribution in [3.05, 3.63) is 23.8 Å². The van der Waals surface area contributed by atoms with E-state index in [1.807, 2.05) is 6.92 Å². The van der Waals surface area contributed by atoms with Crippen LogP contribution >= 0.6 is 11.8 Å². The number of nitrogens with two attached hydrogens (primary N) is 1. The maximum Gasteiger partial charge on any atom is 0.237 e. The summed E-state index contributed by atoms with van der Waals surface area (Å²) in [5, 5.41) is 2.97. The van der Waals surface area contributed by atoms with E-state index in [1.54, 1.807) is 11.8 Å². The van der Waals surface area contributed by atoms with Crippen LogP contribution in [0.2, 0.25) is 0 Å². The molecule has 0 saturated heterocycles. The average Bonchev–Trinajstić information content (AvgIpc) is 3.11. The first-order valence-corrected chi connectivity index (χ1v) is 6.85. The third kappa shape index (κ3) is 1.76. The van der Waals surface area contributed by atoms with E-state index in [1.165, 1.54) is 18.4 Å². The SMILES string of the molecule is CC1Sc2ccc(C3(CN)CC3)cc2NC1=O. The molecular formula is C13H16N2OS. The highest BCUT2D eigenvalue weighted by atomic mass is 32.2. The molecule has 1 aliphatic carbocycles. The largest absolute Gasteiger partial charge is 0.330 e. The van der Waals surface area contributed by atoms with Crippen molar-refractivity contribution in [1.29, 1.82) is 0 Å². The zero-order valence-corrected chi connectivity index (χ0v) is 10.6. The highest BCUT2D eigenvalue weighted by Gasteiger charge is 2.43. The fraction of sp³-hybridized carbons (Fsp3) is 0.462. The van der Waals surface area contributed by atoms with Gasteiger partial charge in [0.25, 0.3) is 0 Å². The van der Waals surface area contributed by atoms with Gasteiger partial charge in [0.2, 0.25) is 5.91 Å². The van der Waals surface area contributed by atoms with E-state index >= 15 is 0 Å². The van der Waals surface area contributed by atoms with Crippen molar-refractivity contribution in [1.82, 2.24) is 0 Å². The van der Waals surface area contributed by atoms with Crippen molar-refractivity contribution < 1.29 is 4.79 Å². The molecule has 1 atom stereocenters. The second-order valence-corrected chi connectivity index (χ2v) is 6.33. The lowest BCUT2D eigenvalue weighted by molar-refractivity contribution is -0.115. The number of amides is 1. The molecule has 2 aliphatic rings. The number of fused-ring (bicyclic) bond motifs is 1. The van der Waals surface area contributed by atoms with Gasteiger partial charge >= 0.3 is 0 Å². The Hall–Kier alpha value is -1.00. The lowest BCUT2D eigenvalue weighted by Gasteiger charge is -2.23. The van der Waals surface area contributed by atoms with Crippen molar-refractivity contribution in [2.45, 2.75) is 35.3 Å². The summed E-state index contributed by atoms with van der Waals surface area (Å²) >= 11 is 1.62. The van der Waals surface area contributed by atoms with Crippen LogP contribution in [0.3, 0.4) is 0 Å². The molecule has 1 aliphatic heterocycles. The van der Waals surface area contributed by atoms with Crippen LogP contribution in [0.15, 0.2) is 23.1 Å². The van der Waals surface area contributed by atoms with Gasteiger partial charge in [-0.2, -0.15) is 0 Å². The molecule has 0 aromatic heterocycles. The van der Waals surface area contributed by atoms with Crippen LogP contribution in [0.5, 0.6) is 0 Å². The quantitative estimate of drug-likeness (QED) is 0.843. The molecule has 1 fully saturated rings. The summed E-state index contributed by atoms with van der Waals surface area (Å²) < 4.78 is 0. The number of rotatable bonds is 2. The summed E-state index contributed by atoms with van der Waals surface area (Å²) in [5.41, 5.74) is 8.25. The van der Waals surface area contributed by atoms with E-state index in [4.69, 9.17) is 5.73 Å². The van der Waals surface area contributed by atoms with Gasteiger partial charge in [0, 0.05) is 16.9 Å². The first kappa shape index (κ1) is 11.1. The van der Waals surface area contributed by atoms with Crippen LogP contribution in [0.25, 0.3) is 0 Å². The molecule has 1 amide bonds. The average molecular weight is 248 g/mol. The van der Waals surface area contributed by atoms with Crippen LogP contribution < -0.4 is 11.1 Å². The Morgan fingerprint density at radius 3 is 2.94 bits per heavy atom. The second kappa shape index (κ2) is 3.75. The maximum atomic E-state index is 11.6. The Labute approximate surface area is 105 Å². The maximum absolute atomic E-state index is 11.6. The van der Waals surface area contributed by atoms with Gasteiger partial charge in [-0.3, -0.25) is 4.79 Å². The fourth-order valence-corrected chi connectivity index (χ4v) is 3.23. The van der Waals surface area contributed by atoms with Crippen LogP contribution in [-0.2, 0) is 10.2 Å². The molecule has 3 nitrogen and oxygen atoms in total. The van der Waals surface area contributed by atoms with Crippen molar-refractivity contribution in [2.24, 2.45) is 5.73 Å². The molecule has 1 aromatic carbocycles. The van der Waals surface area contributed by atoms with Gasteiger partial charge in [0.1, 0.15) is 0 Å². The highest BCUT2D eigenvalue weighted by molar-refractivity contribution is 8.00. The number of hydrogen-bond donors (Lipinski definition) is 2. The Morgan fingerprint density at radius 2 is 2.29 bits per heavy atom. The topological polar surface area (TPSA) is 55.1 Å². The zero-order chi connectivity index (χ0) is 12.0. The zero-order valence-electron chi connectivity index (χ0n) is 9.82. The van der Waals surface area contributed by atoms with Gasteiger partial charge in [-0.15, -0.1) is 11.8 Å². The number of anilines is 1. The summed E-state index contributed by atoms with van der Waals surface area (Å²) in [4.78, 5) is 12.8. The summed E-state index contributed by atoms with van der Waals surface area (Å²) in [7, 11) is 0. The number of nitrogens with one attached hydrogen (secondary N) is 1. The number of carbonyl (C=O) groups excluding carboxylic acids is 1. The first-order chi connectivity index (χ1) is 8.14. The molecule has 0 bridgehead atoms. The van der Waals surface area contributed by atoms with Gasteiger partial charge in [0.15, 0.2) is 0 Å². The highest BCUT2D eigenvalue weighted by Crippen LogP contribution is 2.49. The minimum absolute atomic E-state index is 0.00209. The molecule has 1 aromatic rings. The summed E-state index contributed by atoms with van der Waals surface area (Å²) in [6.07, 6.45) is 2.33. The third-order valence-electron chi connectivity index (χ3n) is 3.77. The summed E-state index contributed by atoms with van der Waals surface area (Å²) in [6.45, 7) is 2.63. The second-order valence-electron chi connectivity index (χ2n) is 4.94. The minimum atomic E-state index is -0.00209. The van der Waals surface area contributed by atoms with Gasteiger partial charge in [0.05, 0.1) is 10.9 Å². The normalized spacial score (nSPS) is 25.1. The number of carbonyl (C=O) groups is 1. The van der Waals surface area contributed by atoms with Crippen LogP contribution in [0.1, 0.15) is 25.3 Å². The molecule has 3 rings (SSSR count). The molecule has 90 valence electrons. The third-order valence-corrected chi connectivity index (χ3v) is 4.94. The minimum Gasteiger partial charge on any atom is -0.330 e. The van der Waals surface area contributed by atoms with Crippen molar-refractivity contribution in [2.75, 3.05) is 11.9 Å². The fourth-order valence-electron chi connectivity index (χ4n) is 2.30. The van der Waals surface area contributed by atoms with Gasteiger partial charge in [-0.1, -0.05) is 6.07 Å². The Bertz CT molecular complexity index is 482. The van der Waals surface area contributed by atoms with E-state index in [2.05, 4.69) is 23.5 Å². The van der Waals surface area contributed by atoms with Gasteiger partial charge in [-0.05, 0) is 37.5 Å². The smallest absolute Gasteiger partial charge is 0.237 e. The molecule has 0 spiro atoms. The lowest BCUT2D eigenvalue weighted by Crippen LogP contribution is -2.27. The molecular weight excluding hydrogens is 232 g/mol. The van der Waals surface area contributed by atoms with Crippen molar-refractivity contribution in [3.63, 3.8) is 0 Å². The number of hydrogen-bond acceptors (Lipinski definition) is 3. The van der Waals surface area contributed by atoms with Crippen LogP contribution in [-0.4, -0.2) is 17.7 Å². The molecule has 1 unspecified atom stereocenters. The molecule has 4 heteroatoms. The molecule has 1 heterocycles.